The third-order valence-corrected chi connectivity index (χ3v) is 6.38. The van der Waals surface area contributed by atoms with E-state index in [0.29, 0.717) is 10.8 Å². The fraction of sp³-hybridized carbons (Fsp3) is 0.538. The molecule has 7 heteroatoms. The first kappa shape index (κ1) is 15.6. The second-order valence-corrected chi connectivity index (χ2v) is 7.95. The van der Waals surface area contributed by atoms with Crippen LogP contribution >= 0.6 is 11.8 Å². The molecule has 112 valence electrons. The molecule has 0 bridgehead atoms. The number of thioether (sulfide) groups is 1. The Bertz CT molecular complexity index is 605. The van der Waals surface area contributed by atoms with Gasteiger partial charge in [-0.25, -0.2) is 17.5 Å². The molecule has 1 aromatic rings. The number of hydrogen-bond acceptors (Lipinski definition) is 4. The van der Waals surface area contributed by atoms with Gasteiger partial charge in [0.25, 0.3) is 0 Å². The van der Waals surface area contributed by atoms with Crippen LogP contribution in [0.2, 0.25) is 0 Å². The van der Waals surface area contributed by atoms with Crippen molar-refractivity contribution in [2.45, 2.75) is 42.4 Å². The summed E-state index contributed by atoms with van der Waals surface area (Å²) in [5.74, 6) is -0.593. The van der Waals surface area contributed by atoms with E-state index in [-0.39, 0.29) is 16.6 Å². The quantitative estimate of drug-likeness (QED) is 0.836. The van der Waals surface area contributed by atoms with Gasteiger partial charge in [-0.1, -0.05) is 0 Å². The van der Waals surface area contributed by atoms with Crippen molar-refractivity contribution in [1.82, 2.24) is 4.72 Å². The summed E-state index contributed by atoms with van der Waals surface area (Å²) in [4.78, 5) is 0.0593. The van der Waals surface area contributed by atoms with E-state index >= 15 is 0 Å². The molecule has 2 unspecified atom stereocenters. The van der Waals surface area contributed by atoms with E-state index in [1.165, 1.54) is 6.07 Å². The number of hydrogen-bond donors (Lipinski definition) is 2. The summed E-state index contributed by atoms with van der Waals surface area (Å²) >= 11 is 1.76. The van der Waals surface area contributed by atoms with Crippen molar-refractivity contribution in [2.75, 3.05) is 12.0 Å². The molecule has 0 aliphatic heterocycles. The molecule has 1 aliphatic carbocycles. The minimum absolute atomic E-state index is 0.0527. The molecule has 1 aromatic carbocycles. The number of rotatable bonds is 4. The number of sulfonamides is 1. The molecular weight excluding hydrogens is 299 g/mol. The number of nitrogens with one attached hydrogen (secondary N) is 1. The summed E-state index contributed by atoms with van der Waals surface area (Å²) in [7, 11) is -3.65. The lowest BCUT2D eigenvalue weighted by Gasteiger charge is -2.15. The molecule has 0 heterocycles. The zero-order chi connectivity index (χ0) is 14.9. The SMILES string of the molecule is CSC1CCC(NS(=O)(=O)c2cc(N)c(F)cc2C)C1. The van der Waals surface area contributed by atoms with Gasteiger partial charge in [-0.05, 0) is 50.1 Å². The zero-order valence-electron chi connectivity index (χ0n) is 11.5. The molecule has 2 rings (SSSR count). The standard InChI is InChI=1S/C13H19FN2O2S2/c1-8-5-11(14)12(15)7-13(8)20(17,18)16-9-3-4-10(6-9)19-2/h5,7,9-10,16H,3-4,6,15H2,1-2H3. The van der Waals surface area contributed by atoms with Gasteiger partial charge < -0.3 is 5.73 Å². The molecule has 0 radical (unpaired) electrons. The fourth-order valence-corrected chi connectivity index (χ4v) is 4.84. The van der Waals surface area contributed by atoms with Crippen molar-refractivity contribution in [3.63, 3.8) is 0 Å². The van der Waals surface area contributed by atoms with Crippen molar-refractivity contribution in [3.8, 4) is 0 Å². The highest BCUT2D eigenvalue weighted by atomic mass is 32.2. The summed E-state index contributed by atoms with van der Waals surface area (Å²) in [5, 5.41) is 0.502. The van der Waals surface area contributed by atoms with E-state index in [2.05, 4.69) is 4.72 Å². The van der Waals surface area contributed by atoms with Crippen molar-refractivity contribution in [3.05, 3.63) is 23.5 Å². The van der Waals surface area contributed by atoms with E-state index < -0.39 is 15.8 Å². The van der Waals surface area contributed by atoms with E-state index in [4.69, 9.17) is 5.73 Å². The van der Waals surface area contributed by atoms with Crippen LogP contribution in [-0.4, -0.2) is 26.0 Å². The molecule has 0 saturated heterocycles. The maximum Gasteiger partial charge on any atom is 0.241 e. The Kier molecular flexibility index (Phi) is 4.61. The average molecular weight is 318 g/mol. The predicted molar refractivity (Wildman–Crippen MR) is 80.8 cm³/mol. The second kappa shape index (κ2) is 5.91. The lowest BCUT2D eigenvalue weighted by molar-refractivity contribution is 0.551. The number of benzene rings is 1. The lowest BCUT2D eigenvalue weighted by Crippen LogP contribution is -2.33. The number of anilines is 1. The van der Waals surface area contributed by atoms with Crippen molar-refractivity contribution >= 4 is 27.5 Å². The summed E-state index contributed by atoms with van der Waals surface area (Å²) in [5.41, 5.74) is 5.68. The van der Waals surface area contributed by atoms with Gasteiger partial charge in [-0.15, -0.1) is 0 Å². The first-order valence-corrected chi connectivity index (χ1v) is 9.21. The Morgan fingerprint density at radius 1 is 1.40 bits per heavy atom. The van der Waals surface area contributed by atoms with E-state index in [0.717, 1.165) is 25.3 Å². The first-order valence-electron chi connectivity index (χ1n) is 6.44. The topological polar surface area (TPSA) is 72.2 Å². The molecule has 3 N–H and O–H groups in total. The van der Waals surface area contributed by atoms with Crippen LogP contribution in [-0.2, 0) is 10.0 Å². The Labute approximate surface area is 123 Å². The average Bonchev–Trinajstić information content (AvgIpc) is 2.80. The van der Waals surface area contributed by atoms with Gasteiger partial charge in [0.1, 0.15) is 5.82 Å². The molecule has 0 amide bonds. The van der Waals surface area contributed by atoms with Crippen LogP contribution in [0.4, 0.5) is 10.1 Å². The predicted octanol–water partition coefficient (Wildman–Crippen LogP) is 2.28. The summed E-state index contributed by atoms with van der Waals surface area (Å²) < 4.78 is 40.8. The summed E-state index contributed by atoms with van der Waals surface area (Å²) in [6.45, 7) is 1.57. The summed E-state index contributed by atoms with van der Waals surface area (Å²) in [6.07, 6.45) is 4.71. The van der Waals surface area contributed by atoms with Crippen LogP contribution in [0.25, 0.3) is 0 Å². The third kappa shape index (κ3) is 3.27. The highest BCUT2D eigenvalue weighted by Crippen LogP contribution is 2.30. The fourth-order valence-electron chi connectivity index (χ4n) is 2.50. The van der Waals surface area contributed by atoms with Gasteiger partial charge >= 0.3 is 0 Å². The number of aryl methyl sites for hydroxylation is 1. The molecule has 1 fully saturated rings. The van der Waals surface area contributed by atoms with Crippen LogP contribution in [0.15, 0.2) is 17.0 Å². The number of nitrogens with two attached hydrogens (primary N) is 1. The van der Waals surface area contributed by atoms with Gasteiger partial charge in [0.05, 0.1) is 10.6 Å². The van der Waals surface area contributed by atoms with Crippen molar-refractivity contribution in [2.24, 2.45) is 0 Å². The van der Waals surface area contributed by atoms with Gasteiger partial charge in [-0.2, -0.15) is 11.8 Å². The van der Waals surface area contributed by atoms with Crippen LogP contribution in [0, 0.1) is 12.7 Å². The van der Waals surface area contributed by atoms with Crippen LogP contribution in [0.1, 0.15) is 24.8 Å². The van der Waals surface area contributed by atoms with E-state index in [1.807, 2.05) is 6.26 Å². The summed E-state index contributed by atoms with van der Waals surface area (Å²) in [6, 6.07) is 2.29. The molecule has 1 aliphatic rings. The van der Waals surface area contributed by atoms with Gasteiger partial charge in [0, 0.05) is 11.3 Å². The Balaban J connectivity index is 2.21. The molecule has 20 heavy (non-hydrogen) atoms. The molecule has 2 atom stereocenters. The minimum Gasteiger partial charge on any atom is -0.396 e. The van der Waals surface area contributed by atoms with E-state index in [1.54, 1.807) is 18.7 Å². The van der Waals surface area contributed by atoms with Crippen LogP contribution < -0.4 is 10.5 Å². The number of nitrogen functional groups attached to an aromatic ring is 1. The zero-order valence-corrected chi connectivity index (χ0v) is 13.2. The Hall–Kier alpha value is -0.790. The Morgan fingerprint density at radius 2 is 2.10 bits per heavy atom. The minimum atomic E-state index is -3.65. The molecule has 4 nitrogen and oxygen atoms in total. The van der Waals surface area contributed by atoms with Gasteiger partial charge in [-0.3, -0.25) is 0 Å². The van der Waals surface area contributed by atoms with Crippen molar-refractivity contribution < 1.29 is 12.8 Å². The third-order valence-electron chi connectivity index (χ3n) is 3.62. The molecule has 0 spiro atoms. The normalized spacial score (nSPS) is 23.1. The van der Waals surface area contributed by atoms with Crippen LogP contribution in [0.3, 0.4) is 0 Å². The highest BCUT2D eigenvalue weighted by molar-refractivity contribution is 7.99. The smallest absolute Gasteiger partial charge is 0.241 e. The maximum absolute atomic E-state index is 13.3. The lowest BCUT2D eigenvalue weighted by atomic mass is 10.2. The molecule has 1 saturated carbocycles. The van der Waals surface area contributed by atoms with E-state index in [9.17, 15) is 12.8 Å². The largest absolute Gasteiger partial charge is 0.396 e. The van der Waals surface area contributed by atoms with Crippen molar-refractivity contribution in [1.29, 1.82) is 0 Å². The monoisotopic (exact) mass is 318 g/mol. The number of halogens is 1. The molecular formula is C13H19FN2O2S2. The second-order valence-electron chi connectivity index (χ2n) is 5.13. The highest BCUT2D eigenvalue weighted by Gasteiger charge is 2.29. The Morgan fingerprint density at radius 3 is 2.70 bits per heavy atom. The molecule has 0 aromatic heterocycles. The van der Waals surface area contributed by atoms with Gasteiger partial charge in [0.15, 0.2) is 0 Å². The van der Waals surface area contributed by atoms with Crippen LogP contribution in [0.5, 0.6) is 0 Å². The maximum atomic E-state index is 13.3. The first-order chi connectivity index (χ1) is 9.33. The van der Waals surface area contributed by atoms with Gasteiger partial charge in [0.2, 0.25) is 10.0 Å².